The van der Waals surface area contributed by atoms with Crippen molar-refractivity contribution < 1.29 is 9.00 Å². The van der Waals surface area contributed by atoms with E-state index in [0.29, 0.717) is 12.3 Å². The molecule has 80 valence electrons. The molecule has 0 heterocycles. The zero-order chi connectivity index (χ0) is 11.0. The van der Waals surface area contributed by atoms with Gasteiger partial charge in [-0.05, 0) is 6.92 Å². The predicted molar refractivity (Wildman–Crippen MR) is 54.8 cm³/mol. The van der Waals surface area contributed by atoms with Crippen molar-refractivity contribution in [3.05, 3.63) is 0 Å². The second kappa shape index (κ2) is 7.47. The monoisotopic (exact) mass is 217 g/mol. The van der Waals surface area contributed by atoms with Crippen LogP contribution in [-0.2, 0) is 15.6 Å². The molecule has 0 fully saturated rings. The Bertz CT molecular complexity index is 247. The maximum atomic E-state index is 11.2. The van der Waals surface area contributed by atoms with E-state index in [2.05, 4.69) is 5.32 Å². The maximum absolute atomic E-state index is 11.2. The summed E-state index contributed by atoms with van der Waals surface area (Å²) in [6.45, 7) is 2.05. The summed E-state index contributed by atoms with van der Waals surface area (Å²) in [7, 11) is -1.21. The van der Waals surface area contributed by atoms with Crippen LogP contribution in [-0.4, -0.2) is 34.2 Å². The van der Waals surface area contributed by atoms with Gasteiger partial charge in [0.2, 0.25) is 5.91 Å². The minimum absolute atomic E-state index is 0.0348. The van der Waals surface area contributed by atoms with Gasteiger partial charge >= 0.3 is 0 Å². The van der Waals surface area contributed by atoms with Crippen LogP contribution in [0.5, 0.6) is 0 Å². The minimum Gasteiger partial charge on any atom is -0.354 e. The van der Waals surface area contributed by atoms with Gasteiger partial charge in [0, 0.05) is 29.1 Å². The molecule has 5 nitrogen and oxygen atoms in total. The quantitative estimate of drug-likeness (QED) is 0.564. The van der Waals surface area contributed by atoms with Gasteiger partial charge in [-0.15, -0.1) is 0 Å². The summed E-state index contributed by atoms with van der Waals surface area (Å²) in [5.74, 6) is -0.00206. The number of amides is 1. The highest BCUT2D eigenvalue weighted by atomic mass is 32.2. The van der Waals surface area contributed by atoms with Gasteiger partial charge < -0.3 is 11.1 Å². The van der Waals surface area contributed by atoms with Crippen molar-refractivity contribution in [2.45, 2.75) is 19.4 Å². The number of rotatable bonds is 6. The number of nitrogens with zero attached hydrogens (tertiary/aromatic N) is 1. The van der Waals surface area contributed by atoms with E-state index < -0.39 is 10.8 Å². The number of hydrogen-bond donors (Lipinski definition) is 2. The molecule has 0 aromatic carbocycles. The van der Waals surface area contributed by atoms with Crippen LogP contribution >= 0.6 is 0 Å². The van der Waals surface area contributed by atoms with E-state index in [4.69, 9.17) is 11.0 Å². The zero-order valence-corrected chi connectivity index (χ0v) is 8.97. The first-order chi connectivity index (χ1) is 6.56. The summed E-state index contributed by atoms with van der Waals surface area (Å²) < 4.78 is 11.2. The van der Waals surface area contributed by atoms with Crippen LogP contribution < -0.4 is 11.1 Å². The molecule has 0 aliphatic rings. The fraction of sp³-hybridized carbons (Fsp3) is 0.750. The molecule has 0 rings (SSSR count). The molecule has 6 heteroatoms. The van der Waals surface area contributed by atoms with E-state index in [0.717, 1.165) is 0 Å². The third kappa shape index (κ3) is 7.71. The highest BCUT2D eigenvalue weighted by Crippen LogP contribution is 1.86. The first kappa shape index (κ1) is 13.1. The third-order valence-corrected chi connectivity index (χ3v) is 2.78. The highest BCUT2D eigenvalue weighted by molar-refractivity contribution is 7.85. The largest absolute Gasteiger partial charge is 0.354 e. The van der Waals surface area contributed by atoms with Gasteiger partial charge in [-0.25, -0.2) is 0 Å². The van der Waals surface area contributed by atoms with Crippen molar-refractivity contribution in [3.8, 4) is 6.07 Å². The summed E-state index contributed by atoms with van der Waals surface area (Å²) in [5.41, 5.74) is 5.42. The first-order valence-corrected chi connectivity index (χ1v) is 5.79. The van der Waals surface area contributed by atoms with E-state index in [1.807, 2.05) is 6.07 Å². The summed E-state index contributed by atoms with van der Waals surface area (Å²) in [4.78, 5) is 11.1. The standard InChI is InChI=1S/C8H15N3O2S/c1-7(10)5-14(13)6-8(12)11-4-2-3-9/h7H,2,4-6,10H2,1H3,(H,11,12). The SMILES string of the molecule is CC(N)CS(=O)CC(=O)NCCC#N. The van der Waals surface area contributed by atoms with Crippen LogP contribution in [0, 0.1) is 11.3 Å². The summed E-state index contributed by atoms with van der Waals surface area (Å²) in [5, 5.41) is 10.7. The second-order valence-corrected chi connectivity index (χ2v) is 4.49. The lowest BCUT2D eigenvalue weighted by Crippen LogP contribution is -2.32. The van der Waals surface area contributed by atoms with E-state index in [-0.39, 0.29) is 24.1 Å². The number of carbonyl (C=O) groups is 1. The molecule has 0 saturated heterocycles. The molecular formula is C8H15N3O2S. The third-order valence-electron chi connectivity index (χ3n) is 1.30. The molecule has 0 aliphatic carbocycles. The summed E-state index contributed by atoms with van der Waals surface area (Å²) in [6, 6.07) is 1.73. The molecule has 0 radical (unpaired) electrons. The number of nitriles is 1. The molecule has 0 saturated carbocycles. The van der Waals surface area contributed by atoms with Gasteiger partial charge in [0.25, 0.3) is 0 Å². The van der Waals surface area contributed by atoms with Gasteiger partial charge in [0.15, 0.2) is 0 Å². The van der Waals surface area contributed by atoms with Crippen molar-refractivity contribution in [3.63, 3.8) is 0 Å². The van der Waals surface area contributed by atoms with Gasteiger partial charge in [-0.1, -0.05) is 0 Å². The predicted octanol–water partition coefficient (Wildman–Crippen LogP) is -0.888. The van der Waals surface area contributed by atoms with E-state index in [9.17, 15) is 9.00 Å². The number of carbonyl (C=O) groups excluding carboxylic acids is 1. The Hall–Kier alpha value is -0.930. The van der Waals surface area contributed by atoms with E-state index >= 15 is 0 Å². The zero-order valence-electron chi connectivity index (χ0n) is 8.16. The van der Waals surface area contributed by atoms with Crippen LogP contribution in [0.15, 0.2) is 0 Å². The van der Waals surface area contributed by atoms with Crippen LogP contribution in [0.2, 0.25) is 0 Å². The highest BCUT2D eigenvalue weighted by Gasteiger charge is 2.08. The van der Waals surface area contributed by atoms with Gasteiger partial charge in [0.05, 0.1) is 12.5 Å². The Balaban J connectivity index is 3.62. The van der Waals surface area contributed by atoms with Crippen LogP contribution in [0.3, 0.4) is 0 Å². The van der Waals surface area contributed by atoms with Crippen LogP contribution in [0.25, 0.3) is 0 Å². The summed E-state index contributed by atoms with van der Waals surface area (Å²) in [6.07, 6.45) is 0.270. The van der Waals surface area contributed by atoms with E-state index in [1.165, 1.54) is 0 Å². The molecule has 0 aromatic rings. The van der Waals surface area contributed by atoms with Crippen molar-refractivity contribution in [2.75, 3.05) is 18.1 Å². The molecule has 2 unspecified atom stereocenters. The molecule has 14 heavy (non-hydrogen) atoms. The molecule has 0 aliphatic heterocycles. The average Bonchev–Trinajstić information content (AvgIpc) is 2.02. The number of nitrogens with one attached hydrogen (secondary N) is 1. The van der Waals surface area contributed by atoms with Crippen molar-refractivity contribution in [2.24, 2.45) is 5.73 Å². The van der Waals surface area contributed by atoms with Gasteiger partial charge in [-0.2, -0.15) is 5.26 Å². The van der Waals surface area contributed by atoms with Crippen molar-refractivity contribution >= 4 is 16.7 Å². The fourth-order valence-electron chi connectivity index (χ4n) is 0.807. The molecule has 0 spiro atoms. The Labute approximate surface area is 86.1 Å². The lowest BCUT2D eigenvalue weighted by molar-refractivity contribution is -0.118. The van der Waals surface area contributed by atoms with Crippen molar-refractivity contribution in [1.82, 2.24) is 5.32 Å². The number of hydrogen-bond acceptors (Lipinski definition) is 4. The Morgan fingerprint density at radius 3 is 2.86 bits per heavy atom. The average molecular weight is 217 g/mol. The van der Waals surface area contributed by atoms with Gasteiger partial charge in [-0.3, -0.25) is 9.00 Å². The number of nitrogens with two attached hydrogens (primary N) is 1. The lowest BCUT2D eigenvalue weighted by Gasteiger charge is -2.05. The Kier molecular flexibility index (Phi) is 6.98. The lowest BCUT2D eigenvalue weighted by atomic mass is 10.4. The Morgan fingerprint density at radius 1 is 1.71 bits per heavy atom. The molecule has 0 aromatic heterocycles. The van der Waals surface area contributed by atoms with E-state index in [1.54, 1.807) is 6.92 Å². The topological polar surface area (TPSA) is 96.0 Å². The summed E-state index contributed by atoms with van der Waals surface area (Å²) >= 11 is 0. The van der Waals surface area contributed by atoms with Crippen molar-refractivity contribution in [1.29, 1.82) is 5.26 Å². The fourth-order valence-corrected chi connectivity index (χ4v) is 1.91. The maximum Gasteiger partial charge on any atom is 0.232 e. The van der Waals surface area contributed by atoms with Crippen LogP contribution in [0.4, 0.5) is 0 Å². The molecule has 1 amide bonds. The second-order valence-electron chi connectivity index (χ2n) is 2.99. The van der Waals surface area contributed by atoms with Crippen LogP contribution in [0.1, 0.15) is 13.3 Å². The smallest absolute Gasteiger partial charge is 0.232 e. The van der Waals surface area contributed by atoms with Gasteiger partial charge in [0.1, 0.15) is 5.75 Å². The Morgan fingerprint density at radius 2 is 2.36 bits per heavy atom. The minimum atomic E-state index is -1.21. The molecule has 2 atom stereocenters. The first-order valence-electron chi connectivity index (χ1n) is 4.30. The normalized spacial score (nSPS) is 14.1. The molecular weight excluding hydrogens is 202 g/mol. The molecule has 0 bridgehead atoms. The molecule has 3 N–H and O–H groups in total.